The monoisotopic (exact) mass is 264 g/mol. The van der Waals surface area contributed by atoms with Gasteiger partial charge in [-0.05, 0) is 13.8 Å². The number of hydrogen-bond acceptors (Lipinski definition) is 3. The predicted molar refractivity (Wildman–Crippen MR) is 79.2 cm³/mol. The van der Waals surface area contributed by atoms with Gasteiger partial charge in [-0.2, -0.15) is 5.10 Å². The topological polar surface area (TPSA) is 33.1 Å². The Bertz CT molecular complexity index is 430. The molecule has 1 N–H and O–H groups in total. The Morgan fingerprint density at radius 2 is 2.05 bits per heavy atom. The van der Waals surface area contributed by atoms with E-state index in [4.69, 9.17) is 0 Å². The molecule has 108 valence electrons. The van der Waals surface area contributed by atoms with Crippen molar-refractivity contribution >= 4 is 0 Å². The molecule has 0 amide bonds. The number of piperazine rings is 1. The second-order valence-corrected chi connectivity index (χ2v) is 7.01. The average Bonchev–Trinajstić information content (AvgIpc) is 2.65. The highest BCUT2D eigenvalue weighted by atomic mass is 15.3. The zero-order valence-electron chi connectivity index (χ0n) is 13.2. The molecule has 2 unspecified atom stereocenters. The van der Waals surface area contributed by atoms with Crippen molar-refractivity contribution in [2.24, 2.45) is 7.05 Å². The quantitative estimate of drug-likeness (QED) is 0.885. The first-order valence-electron chi connectivity index (χ1n) is 7.28. The van der Waals surface area contributed by atoms with Crippen LogP contribution in [0.2, 0.25) is 0 Å². The molecule has 1 saturated heterocycles. The minimum atomic E-state index is 0.111. The zero-order valence-corrected chi connectivity index (χ0v) is 13.2. The van der Waals surface area contributed by atoms with Crippen LogP contribution in [0.5, 0.6) is 0 Å². The van der Waals surface area contributed by atoms with Gasteiger partial charge in [0, 0.05) is 55.9 Å². The Balaban J connectivity index is 2.18. The smallest absolute Gasteiger partial charge is 0.0722 e. The lowest BCUT2D eigenvalue weighted by Gasteiger charge is -2.37. The van der Waals surface area contributed by atoms with Crippen molar-refractivity contribution < 1.29 is 0 Å². The molecule has 0 spiro atoms. The maximum Gasteiger partial charge on any atom is 0.0722 e. The Morgan fingerprint density at radius 1 is 1.37 bits per heavy atom. The normalized spacial score (nSPS) is 25.8. The number of nitrogens with zero attached hydrogens (tertiary/aromatic N) is 3. The summed E-state index contributed by atoms with van der Waals surface area (Å²) in [5, 5.41) is 8.20. The van der Waals surface area contributed by atoms with Crippen molar-refractivity contribution in [3.8, 4) is 0 Å². The molecule has 4 nitrogen and oxygen atoms in total. The number of aromatic nitrogens is 2. The maximum absolute atomic E-state index is 4.67. The summed E-state index contributed by atoms with van der Waals surface area (Å²) in [4.78, 5) is 2.56. The Kier molecular flexibility index (Phi) is 4.02. The van der Waals surface area contributed by atoms with Crippen LogP contribution >= 0.6 is 0 Å². The highest BCUT2D eigenvalue weighted by Crippen LogP contribution is 2.26. The third-order valence-electron chi connectivity index (χ3n) is 3.88. The van der Waals surface area contributed by atoms with Gasteiger partial charge in [-0.1, -0.05) is 20.8 Å². The number of hydrogen-bond donors (Lipinski definition) is 1. The number of aryl methyl sites for hydroxylation is 1. The highest BCUT2D eigenvalue weighted by Gasteiger charge is 2.27. The molecule has 2 atom stereocenters. The van der Waals surface area contributed by atoms with E-state index in [1.165, 1.54) is 11.3 Å². The molecular formula is C15H28N4. The second kappa shape index (κ2) is 5.25. The minimum absolute atomic E-state index is 0.111. The van der Waals surface area contributed by atoms with Crippen molar-refractivity contribution in [1.29, 1.82) is 0 Å². The summed E-state index contributed by atoms with van der Waals surface area (Å²) in [6.45, 7) is 14.5. The van der Waals surface area contributed by atoms with Gasteiger partial charge in [0.1, 0.15) is 0 Å². The Hall–Kier alpha value is -0.870. The van der Waals surface area contributed by atoms with Gasteiger partial charge >= 0.3 is 0 Å². The van der Waals surface area contributed by atoms with Crippen LogP contribution in [0.25, 0.3) is 0 Å². The van der Waals surface area contributed by atoms with Crippen LogP contribution in [-0.4, -0.2) is 39.9 Å². The average molecular weight is 264 g/mol. The van der Waals surface area contributed by atoms with Crippen molar-refractivity contribution in [1.82, 2.24) is 20.0 Å². The van der Waals surface area contributed by atoms with Crippen molar-refractivity contribution in [3.05, 3.63) is 17.5 Å². The fourth-order valence-electron chi connectivity index (χ4n) is 2.82. The van der Waals surface area contributed by atoms with Gasteiger partial charge in [0.25, 0.3) is 0 Å². The van der Waals surface area contributed by atoms with E-state index in [1.54, 1.807) is 0 Å². The van der Waals surface area contributed by atoms with Crippen molar-refractivity contribution in [2.45, 2.75) is 58.7 Å². The van der Waals surface area contributed by atoms with Crippen LogP contribution in [0.4, 0.5) is 0 Å². The summed E-state index contributed by atoms with van der Waals surface area (Å²) in [6, 6.07) is 1.16. The first-order chi connectivity index (χ1) is 8.77. The van der Waals surface area contributed by atoms with E-state index in [1.807, 2.05) is 11.7 Å². The van der Waals surface area contributed by atoms with Gasteiger partial charge in [-0.25, -0.2) is 0 Å². The molecule has 0 aromatic carbocycles. The summed E-state index contributed by atoms with van der Waals surface area (Å²) < 4.78 is 1.95. The van der Waals surface area contributed by atoms with Crippen LogP contribution < -0.4 is 5.32 Å². The van der Waals surface area contributed by atoms with Gasteiger partial charge in [0.05, 0.1) is 5.69 Å². The van der Waals surface area contributed by atoms with E-state index in [0.717, 1.165) is 19.6 Å². The molecule has 2 heterocycles. The first-order valence-corrected chi connectivity index (χ1v) is 7.28. The third-order valence-corrected chi connectivity index (χ3v) is 3.88. The fourth-order valence-corrected chi connectivity index (χ4v) is 2.82. The molecule has 1 aliphatic rings. The lowest BCUT2D eigenvalue weighted by molar-refractivity contribution is 0.138. The van der Waals surface area contributed by atoms with Gasteiger partial charge in [0.15, 0.2) is 0 Å². The van der Waals surface area contributed by atoms with E-state index < -0.39 is 0 Å². The highest BCUT2D eigenvalue weighted by molar-refractivity contribution is 5.24. The Morgan fingerprint density at radius 3 is 2.68 bits per heavy atom. The number of nitrogens with one attached hydrogen (secondary N) is 1. The molecule has 1 fully saturated rings. The molecule has 1 aliphatic heterocycles. The lowest BCUT2D eigenvalue weighted by atomic mass is 9.89. The van der Waals surface area contributed by atoms with Crippen LogP contribution in [0.15, 0.2) is 6.20 Å². The molecule has 0 bridgehead atoms. The summed E-state index contributed by atoms with van der Waals surface area (Å²) in [5.41, 5.74) is 2.71. The molecule has 4 heteroatoms. The third kappa shape index (κ3) is 3.37. The van der Waals surface area contributed by atoms with E-state index in [9.17, 15) is 0 Å². The molecule has 1 aromatic heterocycles. The van der Waals surface area contributed by atoms with E-state index in [2.05, 4.69) is 56.1 Å². The standard InChI is InChI=1S/C15H28N4/c1-11-8-19(12(2)7-16-11)10-13-9-18(6)17-14(13)15(3,4)5/h9,11-12,16H,7-8,10H2,1-6H3. The van der Waals surface area contributed by atoms with E-state index in [-0.39, 0.29) is 5.41 Å². The fraction of sp³-hybridized carbons (Fsp3) is 0.800. The lowest BCUT2D eigenvalue weighted by Crippen LogP contribution is -2.53. The predicted octanol–water partition coefficient (Wildman–Crippen LogP) is 1.90. The zero-order chi connectivity index (χ0) is 14.2. The Labute approximate surface area is 117 Å². The first kappa shape index (κ1) is 14.5. The van der Waals surface area contributed by atoms with Crippen LogP contribution in [0.3, 0.4) is 0 Å². The van der Waals surface area contributed by atoms with E-state index in [0.29, 0.717) is 12.1 Å². The molecule has 19 heavy (non-hydrogen) atoms. The molecule has 2 rings (SSSR count). The van der Waals surface area contributed by atoms with E-state index >= 15 is 0 Å². The largest absolute Gasteiger partial charge is 0.311 e. The van der Waals surface area contributed by atoms with Crippen molar-refractivity contribution in [3.63, 3.8) is 0 Å². The minimum Gasteiger partial charge on any atom is -0.311 e. The van der Waals surface area contributed by atoms with Gasteiger partial charge in [0.2, 0.25) is 0 Å². The molecule has 0 saturated carbocycles. The molecule has 0 aliphatic carbocycles. The molecule has 1 aromatic rings. The van der Waals surface area contributed by atoms with Gasteiger partial charge < -0.3 is 5.32 Å². The van der Waals surface area contributed by atoms with Gasteiger partial charge in [-0.15, -0.1) is 0 Å². The number of rotatable bonds is 2. The van der Waals surface area contributed by atoms with Crippen LogP contribution in [-0.2, 0) is 19.0 Å². The summed E-state index contributed by atoms with van der Waals surface area (Å²) in [7, 11) is 2.02. The van der Waals surface area contributed by atoms with Crippen LogP contribution in [0.1, 0.15) is 45.9 Å². The summed E-state index contributed by atoms with van der Waals surface area (Å²) in [6.07, 6.45) is 2.18. The second-order valence-electron chi connectivity index (χ2n) is 7.01. The summed E-state index contributed by atoms with van der Waals surface area (Å²) in [5.74, 6) is 0. The SMILES string of the molecule is CC1CN(Cc2cn(C)nc2C(C)(C)C)C(C)CN1. The molecule has 0 radical (unpaired) electrons. The van der Waals surface area contributed by atoms with Gasteiger partial charge in [-0.3, -0.25) is 9.58 Å². The summed E-state index contributed by atoms with van der Waals surface area (Å²) >= 11 is 0. The van der Waals surface area contributed by atoms with Crippen LogP contribution in [0, 0.1) is 0 Å². The maximum atomic E-state index is 4.67. The molecular weight excluding hydrogens is 236 g/mol. The van der Waals surface area contributed by atoms with Crippen molar-refractivity contribution in [2.75, 3.05) is 13.1 Å².